The van der Waals surface area contributed by atoms with E-state index in [9.17, 15) is 0 Å². The van der Waals surface area contributed by atoms with Gasteiger partial charge in [-0.3, -0.25) is 4.99 Å². The van der Waals surface area contributed by atoms with E-state index in [0.29, 0.717) is 6.04 Å². The Morgan fingerprint density at radius 3 is 2.80 bits per heavy atom. The van der Waals surface area contributed by atoms with Crippen LogP contribution in [-0.2, 0) is 6.42 Å². The summed E-state index contributed by atoms with van der Waals surface area (Å²) in [7, 11) is 1.84. The summed E-state index contributed by atoms with van der Waals surface area (Å²) in [5.41, 5.74) is 0. The first-order valence-electron chi connectivity index (χ1n) is 8.41. The molecule has 2 aromatic rings. The van der Waals surface area contributed by atoms with Gasteiger partial charge in [0, 0.05) is 50.2 Å². The lowest BCUT2D eigenvalue weighted by Crippen LogP contribution is -2.49. The van der Waals surface area contributed by atoms with E-state index in [0.717, 1.165) is 44.9 Å². The van der Waals surface area contributed by atoms with Crippen molar-refractivity contribution in [3.8, 4) is 0 Å². The molecule has 0 aromatic carbocycles. The SMILES string of the molecule is CN=C(NCCc1ncc(C)s1)NC1CCN(c2cccs2)CC1.I. The number of halogens is 1. The number of rotatable bonds is 5. The third-order valence-corrected chi connectivity index (χ3v) is 6.08. The molecular formula is C17H26IN5S2. The van der Waals surface area contributed by atoms with E-state index >= 15 is 0 Å². The number of hydrogen-bond donors (Lipinski definition) is 2. The van der Waals surface area contributed by atoms with Gasteiger partial charge in [-0.2, -0.15) is 0 Å². The first-order chi connectivity index (χ1) is 11.7. The van der Waals surface area contributed by atoms with Crippen LogP contribution in [0.25, 0.3) is 0 Å². The highest BCUT2D eigenvalue weighted by Crippen LogP contribution is 2.24. The molecule has 0 amide bonds. The van der Waals surface area contributed by atoms with Crippen molar-refractivity contribution in [2.75, 3.05) is 31.6 Å². The molecule has 25 heavy (non-hydrogen) atoms. The second kappa shape index (κ2) is 10.3. The molecule has 138 valence electrons. The number of hydrogen-bond acceptors (Lipinski definition) is 5. The average molecular weight is 491 g/mol. The second-order valence-electron chi connectivity index (χ2n) is 5.97. The van der Waals surface area contributed by atoms with Crippen LogP contribution in [0.15, 0.2) is 28.7 Å². The van der Waals surface area contributed by atoms with E-state index in [-0.39, 0.29) is 24.0 Å². The van der Waals surface area contributed by atoms with Gasteiger partial charge in [0.1, 0.15) is 0 Å². The van der Waals surface area contributed by atoms with Crippen molar-refractivity contribution >= 4 is 57.6 Å². The summed E-state index contributed by atoms with van der Waals surface area (Å²) in [5.74, 6) is 0.901. The zero-order chi connectivity index (χ0) is 16.8. The molecule has 0 radical (unpaired) electrons. The zero-order valence-corrected chi connectivity index (χ0v) is 18.7. The number of nitrogens with one attached hydrogen (secondary N) is 2. The smallest absolute Gasteiger partial charge is 0.191 e. The molecular weight excluding hydrogens is 465 g/mol. The van der Waals surface area contributed by atoms with Crippen LogP contribution in [0.3, 0.4) is 0 Å². The highest BCUT2D eigenvalue weighted by Gasteiger charge is 2.20. The van der Waals surface area contributed by atoms with E-state index in [2.05, 4.69) is 49.9 Å². The molecule has 2 aromatic heterocycles. The predicted octanol–water partition coefficient (Wildman–Crippen LogP) is 3.51. The molecule has 8 heteroatoms. The number of aliphatic imine (C=N–C) groups is 1. The van der Waals surface area contributed by atoms with Crippen molar-refractivity contribution in [1.82, 2.24) is 15.6 Å². The summed E-state index contributed by atoms with van der Waals surface area (Å²) in [6.45, 7) is 5.17. The van der Waals surface area contributed by atoms with E-state index in [4.69, 9.17) is 0 Å². The number of nitrogens with zero attached hydrogens (tertiary/aromatic N) is 3. The molecule has 0 spiro atoms. The molecule has 0 aliphatic carbocycles. The van der Waals surface area contributed by atoms with Gasteiger partial charge >= 0.3 is 0 Å². The predicted molar refractivity (Wildman–Crippen MR) is 120 cm³/mol. The van der Waals surface area contributed by atoms with Crippen LogP contribution < -0.4 is 15.5 Å². The Labute approximate surface area is 175 Å². The monoisotopic (exact) mass is 491 g/mol. The van der Waals surface area contributed by atoms with Crippen LogP contribution in [0, 0.1) is 6.92 Å². The van der Waals surface area contributed by atoms with Gasteiger partial charge in [-0.15, -0.1) is 46.7 Å². The summed E-state index contributed by atoms with van der Waals surface area (Å²) in [4.78, 5) is 12.5. The topological polar surface area (TPSA) is 52.6 Å². The normalized spacial score (nSPS) is 15.8. The molecule has 0 saturated carbocycles. The third-order valence-electron chi connectivity index (χ3n) is 4.18. The molecule has 1 saturated heterocycles. The van der Waals surface area contributed by atoms with Gasteiger partial charge in [0.15, 0.2) is 5.96 Å². The van der Waals surface area contributed by atoms with E-state index in [1.165, 1.54) is 14.9 Å². The summed E-state index contributed by atoms with van der Waals surface area (Å²) in [6, 6.07) is 4.83. The van der Waals surface area contributed by atoms with Crippen molar-refractivity contribution in [2.24, 2.45) is 4.99 Å². The Bertz CT molecular complexity index is 648. The molecule has 1 aliphatic rings. The zero-order valence-electron chi connectivity index (χ0n) is 14.7. The Hall–Kier alpha value is -0.870. The first kappa shape index (κ1) is 20.4. The summed E-state index contributed by atoms with van der Waals surface area (Å²) in [5, 5.41) is 11.7. The lowest BCUT2D eigenvalue weighted by molar-refractivity contribution is 0.463. The fraction of sp³-hybridized carbons (Fsp3) is 0.529. The molecule has 2 N–H and O–H groups in total. The van der Waals surface area contributed by atoms with Gasteiger partial charge in [0.25, 0.3) is 0 Å². The number of thiazole rings is 1. The maximum atomic E-state index is 4.40. The van der Waals surface area contributed by atoms with Crippen molar-refractivity contribution < 1.29 is 0 Å². The molecule has 0 atom stereocenters. The third kappa shape index (κ3) is 6.10. The highest BCUT2D eigenvalue weighted by molar-refractivity contribution is 14.0. The van der Waals surface area contributed by atoms with Gasteiger partial charge in [-0.25, -0.2) is 4.98 Å². The van der Waals surface area contributed by atoms with Gasteiger partial charge in [-0.05, 0) is 37.3 Å². The number of aromatic nitrogens is 1. The van der Waals surface area contributed by atoms with Crippen LogP contribution in [0.1, 0.15) is 22.7 Å². The maximum Gasteiger partial charge on any atom is 0.191 e. The summed E-state index contributed by atoms with van der Waals surface area (Å²) >= 11 is 3.59. The minimum atomic E-state index is 0. The van der Waals surface area contributed by atoms with E-state index < -0.39 is 0 Å². The van der Waals surface area contributed by atoms with Crippen LogP contribution in [-0.4, -0.2) is 43.7 Å². The van der Waals surface area contributed by atoms with Crippen molar-refractivity contribution in [2.45, 2.75) is 32.2 Å². The lowest BCUT2D eigenvalue weighted by Gasteiger charge is -2.33. The Balaban J connectivity index is 0.00000225. The van der Waals surface area contributed by atoms with Gasteiger partial charge in [-0.1, -0.05) is 0 Å². The molecule has 3 rings (SSSR count). The number of aryl methyl sites for hydroxylation is 1. The van der Waals surface area contributed by atoms with E-state index in [1.54, 1.807) is 11.3 Å². The molecule has 5 nitrogen and oxygen atoms in total. The fourth-order valence-corrected chi connectivity index (χ4v) is 4.46. The molecule has 1 fully saturated rings. The van der Waals surface area contributed by atoms with Gasteiger partial charge in [0.05, 0.1) is 10.0 Å². The van der Waals surface area contributed by atoms with Crippen molar-refractivity contribution in [1.29, 1.82) is 0 Å². The number of anilines is 1. The van der Waals surface area contributed by atoms with Crippen molar-refractivity contribution in [3.05, 3.63) is 33.6 Å². The molecule has 3 heterocycles. The Morgan fingerprint density at radius 2 is 2.20 bits per heavy atom. The van der Waals surface area contributed by atoms with Crippen LogP contribution in [0.4, 0.5) is 5.00 Å². The largest absolute Gasteiger partial charge is 0.363 e. The number of piperidine rings is 1. The number of guanidine groups is 1. The summed E-state index contributed by atoms with van der Waals surface area (Å²) < 4.78 is 0. The van der Waals surface area contributed by atoms with Gasteiger partial charge in [0.2, 0.25) is 0 Å². The standard InChI is InChI=1S/C17H25N5S2.HI/c1-13-12-20-15(24-13)5-8-19-17(18-2)21-14-6-9-22(10-7-14)16-4-3-11-23-16;/h3-4,11-12,14H,5-10H2,1-2H3,(H2,18,19,21);1H. The minimum Gasteiger partial charge on any atom is -0.363 e. The van der Waals surface area contributed by atoms with Crippen LogP contribution in [0.2, 0.25) is 0 Å². The van der Waals surface area contributed by atoms with Crippen molar-refractivity contribution in [3.63, 3.8) is 0 Å². The second-order valence-corrected chi connectivity index (χ2v) is 8.22. The lowest BCUT2D eigenvalue weighted by atomic mass is 10.1. The average Bonchev–Trinajstić information content (AvgIpc) is 3.26. The maximum absolute atomic E-state index is 4.40. The summed E-state index contributed by atoms with van der Waals surface area (Å²) in [6.07, 6.45) is 5.17. The Kier molecular flexibility index (Phi) is 8.44. The van der Waals surface area contributed by atoms with E-state index in [1.807, 2.05) is 24.6 Å². The quantitative estimate of drug-likeness (QED) is 0.382. The molecule has 0 bridgehead atoms. The van der Waals surface area contributed by atoms with Crippen LogP contribution >= 0.6 is 46.7 Å². The Morgan fingerprint density at radius 1 is 1.40 bits per heavy atom. The van der Waals surface area contributed by atoms with Crippen LogP contribution in [0.5, 0.6) is 0 Å². The first-order valence-corrected chi connectivity index (χ1v) is 10.1. The molecule has 1 aliphatic heterocycles. The minimum absolute atomic E-state index is 0. The fourth-order valence-electron chi connectivity index (χ4n) is 2.89. The number of thiophene rings is 1. The molecule has 0 unspecified atom stereocenters. The van der Waals surface area contributed by atoms with Gasteiger partial charge < -0.3 is 15.5 Å². The highest BCUT2D eigenvalue weighted by atomic mass is 127.